The number of ketones is 1. The summed E-state index contributed by atoms with van der Waals surface area (Å²) in [5, 5.41) is 0. The van der Waals surface area contributed by atoms with Crippen molar-refractivity contribution in [3.05, 3.63) is 0 Å². The van der Waals surface area contributed by atoms with Crippen LogP contribution in [0.2, 0.25) is 0 Å². The molecule has 0 heterocycles. The molecule has 2 bridgehead atoms. The average Bonchev–Trinajstić information content (AvgIpc) is 2.35. The monoisotopic (exact) mass is 195 g/mol. The summed E-state index contributed by atoms with van der Waals surface area (Å²) in [6.07, 6.45) is 2.31. The van der Waals surface area contributed by atoms with Gasteiger partial charge in [0.1, 0.15) is 0 Å². The van der Waals surface area contributed by atoms with Gasteiger partial charge >= 0.3 is 0 Å². The molecule has 2 fully saturated rings. The number of carbonyl (C=O) groups excluding carboxylic acids is 1. The van der Waals surface area contributed by atoms with E-state index in [0.717, 1.165) is 6.42 Å². The molecule has 0 amide bonds. The lowest BCUT2D eigenvalue weighted by molar-refractivity contribution is -0.132. The zero-order valence-corrected chi connectivity index (χ0v) is 9.92. The smallest absolute Gasteiger partial charge is 0.156 e. The van der Waals surface area contributed by atoms with Gasteiger partial charge in [-0.2, -0.15) is 0 Å². The lowest BCUT2D eigenvalue weighted by Crippen LogP contribution is -2.42. The number of hydrogen-bond acceptors (Lipinski definition) is 2. The first-order valence-corrected chi connectivity index (χ1v) is 5.53. The maximum atomic E-state index is 12.3. The first-order valence-electron chi connectivity index (χ1n) is 5.53. The summed E-state index contributed by atoms with van der Waals surface area (Å²) in [6.45, 7) is 6.71. The Morgan fingerprint density at radius 1 is 1.29 bits per heavy atom. The summed E-state index contributed by atoms with van der Waals surface area (Å²) < 4.78 is 0. The molecular weight excluding hydrogens is 174 g/mol. The Bertz CT molecular complexity index is 282. The summed E-state index contributed by atoms with van der Waals surface area (Å²) in [7, 11) is 4.06. The van der Waals surface area contributed by atoms with Crippen LogP contribution in [0.5, 0.6) is 0 Å². The predicted molar refractivity (Wildman–Crippen MR) is 57.1 cm³/mol. The maximum absolute atomic E-state index is 12.3. The van der Waals surface area contributed by atoms with E-state index in [9.17, 15) is 4.79 Å². The molecule has 0 aromatic carbocycles. The quantitative estimate of drug-likeness (QED) is 0.637. The lowest BCUT2D eigenvalue weighted by Gasteiger charge is -2.32. The van der Waals surface area contributed by atoms with Crippen molar-refractivity contribution in [1.82, 2.24) is 4.90 Å². The van der Waals surface area contributed by atoms with Gasteiger partial charge in [0, 0.05) is 5.41 Å². The molecule has 80 valence electrons. The van der Waals surface area contributed by atoms with Gasteiger partial charge in [0.2, 0.25) is 0 Å². The Morgan fingerprint density at radius 2 is 1.86 bits per heavy atom. The van der Waals surface area contributed by atoms with E-state index in [1.807, 2.05) is 14.1 Å². The summed E-state index contributed by atoms with van der Waals surface area (Å²) in [5.41, 5.74) is 0.131. The highest BCUT2D eigenvalue weighted by Crippen LogP contribution is 2.64. The summed E-state index contributed by atoms with van der Waals surface area (Å²) >= 11 is 0. The highest BCUT2D eigenvalue weighted by molar-refractivity contribution is 5.94. The van der Waals surface area contributed by atoms with Crippen molar-refractivity contribution in [2.24, 2.45) is 16.7 Å². The molecule has 0 unspecified atom stereocenters. The van der Waals surface area contributed by atoms with E-state index in [1.54, 1.807) is 0 Å². The third-order valence-corrected chi connectivity index (χ3v) is 5.05. The van der Waals surface area contributed by atoms with Gasteiger partial charge in [0.25, 0.3) is 0 Å². The SMILES string of the molecule is CN(C)[C@H]1C(=O)[C@@]2(C)CC[C@@H]1C2(C)C. The second kappa shape index (κ2) is 2.60. The van der Waals surface area contributed by atoms with Gasteiger partial charge in [-0.25, -0.2) is 0 Å². The molecule has 0 aromatic heterocycles. The van der Waals surface area contributed by atoms with E-state index in [0.29, 0.717) is 11.7 Å². The molecule has 0 aliphatic heterocycles. The second-order valence-corrected chi connectivity index (χ2v) is 5.97. The van der Waals surface area contributed by atoms with Gasteiger partial charge in [-0.05, 0) is 38.3 Å². The Labute approximate surface area is 86.7 Å². The third kappa shape index (κ3) is 0.881. The highest BCUT2D eigenvalue weighted by Gasteiger charge is 2.66. The standard InChI is InChI=1S/C12H21NO/c1-11(2)8-6-7-12(11,3)10(14)9(8)13(4)5/h8-9H,6-7H2,1-5H3/t8-,9+,12+/m0/s1. The van der Waals surface area contributed by atoms with Crippen LogP contribution in [0, 0.1) is 16.7 Å². The van der Waals surface area contributed by atoms with Gasteiger partial charge in [-0.15, -0.1) is 0 Å². The van der Waals surface area contributed by atoms with Crippen LogP contribution in [-0.2, 0) is 4.79 Å². The van der Waals surface area contributed by atoms with E-state index in [2.05, 4.69) is 25.7 Å². The Balaban J connectivity index is 2.44. The number of Topliss-reactive ketones (excluding diaryl/α,β-unsaturated/α-hetero) is 1. The summed E-state index contributed by atoms with van der Waals surface area (Å²) in [5.74, 6) is 1.04. The zero-order chi connectivity index (χ0) is 10.7. The van der Waals surface area contributed by atoms with Crippen LogP contribution in [0.4, 0.5) is 0 Å². The molecule has 2 heteroatoms. The predicted octanol–water partition coefficient (Wildman–Crippen LogP) is 1.94. The molecule has 2 rings (SSSR count). The van der Waals surface area contributed by atoms with Crippen LogP contribution < -0.4 is 0 Å². The maximum Gasteiger partial charge on any atom is 0.156 e. The largest absolute Gasteiger partial charge is 0.299 e. The fourth-order valence-corrected chi connectivity index (χ4v) is 3.63. The van der Waals surface area contributed by atoms with Gasteiger partial charge in [-0.1, -0.05) is 20.8 Å². The number of likely N-dealkylation sites (N-methyl/N-ethyl adjacent to an activating group) is 1. The minimum atomic E-state index is -0.0629. The zero-order valence-electron chi connectivity index (χ0n) is 9.92. The van der Waals surface area contributed by atoms with Crippen molar-refractivity contribution in [2.75, 3.05) is 14.1 Å². The van der Waals surface area contributed by atoms with Crippen molar-refractivity contribution < 1.29 is 4.79 Å². The molecule has 14 heavy (non-hydrogen) atoms. The van der Waals surface area contributed by atoms with Crippen LogP contribution in [0.15, 0.2) is 0 Å². The normalized spacial score (nSPS) is 45.1. The molecule has 2 nitrogen and oxygen atoms in total. The molecule has 3 atom stereocenters. The lowest BCUT2D eigenvalue weighted by atomic mass is 9.70. The van der Waals surface area contributed by atoms with Gasteiger partial charge in [-0.3, -0.25) is 9.69 Å². The molecular formula is C12H21NO. The van der Waals surface area contributed by atoms with E-state index in [1.165, 1.54) is 6.42 Å². The van der Waals surface area contributed by atoms with Crippen LogP contribution >= 0.6 is 0 Å². The van der Waals surface area contributed by atoms with E-state index in [4.69, 9.17) is 0 Å². The molecule has 2 saturated carbocycles. The summed E-state index contributed by atoms with van der Waals surface area (Å²) in [6, 6.07) is 0.170. The molecule has 0 spiro atoms. The van der Waals surface area contributed by atoms with Crippen molar-refractivity contribution in [3.63, 3.8) is 0 Å². The van der Waals surface area contributed by atoms with Crippen LogP contribution in [0.3, 0.4) is 0 Å². The van der Waals surface area contributed by atoms with Crippen molar-refractivity contribution >= 4 is 5.78 Å². The minimum absolute atomic E-state index is 0.0629. The molecule has 0 aromatic rings. The van der Waals surface area contributed by atoms with Crippen molar-refractivity contribution in [3.8, 4) is 0 Å². The van der Waals surface area contributed by atoms with Crippen LogP contribution in [0.1, 0.15) is 33.6 Å². The number of nitrogens with zero attached hydrogens (tertiary/aromatic N) is 1. The minimum Gasteiger partial charge on any atom is -0.299 e. The van der Waals surface area contributed by atoms with E-state index < -0.39 is 0 Å². The highest BCUT2D eigenvalue weighted by atomic mass is 16.1. The fourth-order valence-electron chi connectivity index (χ4n) is 3.63. The number of fused-ring (bicyclic) bond motifs is 2. The van der Waals surface area contributed by atoms with Crippen molar-refractivity contribution in [1.29, 1.82) is 0 Å². The van der Waals surface area contributed by atoms with E-state index in [-0.39, 0.29) is 16.9 Å². The fraction of sp³-hybridized carbons (Fsp3) is 0.917. The van der Waals surface area contributed by atoms with E-state index >= 15 is 0 Å². The second-order valence-electron chi connectivity index (χ2n) is 5.97. The number of carbonyl (C=O) groups is 1. The van der Waals surface area contributed by atoms with Crippen LogP contribution in [-0.4, -0.2) is 30.8 Å². The number of rotatable bonds is 1. The topological polar surface area (TPSA) is 20.3 Å². The Hall–Kier alpha value is -0.370. The first kappa shape index (κ1) is 10.2. The number of hydrogen-bond donors (Lipinski definition) is 0. The molecule has 0 radical (unpaired) electrons. The third-order valence-electron chi connectivity index (χ3n) is 5.05. The van der Waals surface area contributed by atoms with Gasteiger partial charge < -0.3 is 0 Å². The molecule has 2 aliphatic rings. The van der Waals surface area contributed by atoms with Crippen molar-refractivity contribution in [2.45, 2.75) is 39.7 Å². The summed E-state index contributed by atoms with van der Waals surface area (Å²) in [4.78, 5) is 14.4. The van der Waals surface area contributed by atoms with Gasteiger partial charge in [0.15, 0.2) is 5.78 Å². The van der Waals surface area contributed by atoms with Crippen LogP contribution in [0.25, 0.3) is 0 Å². The Kier molecular flexibility index (Phi) is 1.89. The molecule has 0 saturated heterocycles. The average molecular weight is 195 g/mol. The Morgan fingerprint density at radius 3 is 2.14 bits per heavy atom. The van der Waals surface area contributed by atoms with Gasteiger partial charge in [0.05, 0.1) is 6.04 Å². The molecule has 0 N–H and O–H groups in total. The molecule has 2 aliphatic carbocycles. The first-order chi connectivity index (χ1) is 6.32.